The number of rotatable bonds is 8. The van der Waals surface area contributed by atoms with E-state index >= 15 is 0 Å². The van der Waals surface area contributed by atoms with Crippen molar-refractivity contribution in [2.24, 2.45) is 4.99 Å². The average Bonchev–Trinajstić information content (AvgIpc) is 3.35. The van der Waals surface area contributed by atoms with Gasteiger partial charge in [0.15, 0.2) is 5.96 Å². The number of nitrogens with zero attached hydrogens (tertiary/aromatic N) is 3. The lowest BCUT2D eigenvalue weighted by Gasteiger charge is -2.12. The maximum atomic E-state index is 12.2. The van der Waals surface area contributed by atoms with Crippen molar-refractivity contribution >= 4 is 62.2 Å². The summed E-state index contributed by atoms with van der Waals surface area (Å²) in [5.41, 5.74) is 1.25. The monoisotopic (exact) mass is 561 g/mol. The van der Waals surface area contributed by atoms with E-state index in [0.717, 1.165) is 24.4 Å². The number of aliphatic imine (C=N–C) groups is 1. The Kier molecular flexibility index (Phi) is 9.13. The van der Waals surface area contributed by atoms with Gasteiger partial charge < -0.3 is 15.2 Å². The van der Waals surface area contributed by atoms with Gasteiger partial charge in [-0.3, -0.25) is 4.99 Å². The molecule has 10 heteroatoms. The quantitative estimate of drug-likeness (QED) is 0.192. The van der Waals surface area contributed by atoms with E-state index in [2.05, 4.69) is 56.7 Å². The largest absolute Gasteiger partial charge is 0.356 e. The van der Waals surface area contributed by atoms with E-state index in [4.69, 9.17) is 0 Å². The van der Waals surface area contributed by atoms with Crippen LogP contribution in [0.1, 0.15) is 11.3 Å². The summed E-state index contributed by atoms with van der Waals surface area (Å²) in [5, 5.41) is 7.80. The van der Waals surface area contributed by atoms with Crippen LogP contribution in [0.5, 0.6) is 0 Å². The lowest BCUT2D eigenvalue weighted by molar-refractivity contribution is 0.523. The van der Waals surface area contributed by atoms with Gasteiger partial charge in [0.1, 0.15) is 4.21 Å². The molecule has 0 radical (unpaired) electrons. The minimum atomic E-state index is -3.38. The van der Waals surface area contributed by atoms with Gasteiger partial charge in [0.25, 0.3) is 10.0 Å². The molecule has 0 spiro atoms. The second-order valence-electron chi connectivity index (χ2n) is 6.78. The van der Waals surface area contributed by atoms with Crippen molar-refractivity contribution in [3.8, 4) is 0 Å². The van der Waals surface area contributed by atoms with Crippen molar-refractivity contribution in [2.75, 3.05) is 27.7 Å². The molecule has 0 aliphatic rings. The van der Waals surface area contributed by atoms with E-state index in [9.17, 15) is 8.42 Å². The van der Waals surface area contributed by atoms with Crippen molar-refractivity contribution < 1.29 is 8.42 Å². The van der Waals surface area contributed by atoms with Crippen molar-refractivity contribution in [1.29, 1.82) is 0 Å². The molecule has 2 N–H and O–H groups in total. The van der Waals surface area contributed by atoms with Gasteiger partial charge in [-0.05, 0) is 36.1 Å². The van der Waals surface area contributed by atoms with E-state index < -0.39 is 10.0 Å². The number of para-hydroxylation sites is 1. The first-order valence-electron chi connectivity index (χ1n) is 9.41. The predicted octanol–water partition coefficient (Wildman–Crippen LogP) is 3.33. The number of aromatic nitrogens is 1. The van der Waals surface area contributed by atoms with Crippen molar-refractivity contribution in [2.45, 2.75) is 23.7 Å². The van der Waals surface area contributed by atoms with E-state index in [1.54, 1.807) is 13.1 Å². The van der Waals surface area contributed by atoms with Gasteiger partial charge in [0, 0.05) is 50.8 Å². The lowest BCUT2D eigenvalue weighted by Crippen LogP contribution is -2.37. The van der Waals surface area contributed by atoms with Crippen molar-refractivity contribution in [3.63, 3.8) is 0 Å². The summed E-state index contributed by atoms with van der Waals surface area (Å²) in [6.45, 7) is 2.24. The molecule has 0 amide bonds. The van der Waals surface area contributed by atoms with Crippen molar-refractivity contribution in [1.82, 2.24) is 19.5 Å². The molecule has 0 bridgehead atoms. The Morgan fingerprint density at radius 1 is 1.13 bits per heavy atom. The molecule has 0 atom stereocenters. The van der Waals surface area contributed by atoms with Gasteiger partial charge in [-0.1, -0.05) is 18.2 Å². The van der Waals surface area contributed by atoms with Crippen LogP contribution < -0.4 is 10.6 Å². The zero-order valence-electron chi connectivity index (χ0n) is 17.3. The van der Waals surface area contributed by atoms with E-state index in [-0.39, 0.29) is 24.0 Å². The number of benzene rings is 1. The minimum Gasteiger partial charge on any atom is -0.356 e. The average molecular weight is 562 g/mol. The normalized spacial score (nSPS) is 12.2. The summed E-state index contributed by atoms with van der Waals surface area (Å²) in [6, 6.07) is 14.0. The Balaban J connectivity index is 0.00000320. The fourth-order valence-electron chi connectivity index (χ4n) is 2.96. The summed E-state index contributed by atoms with van der Waals surface area (Å²) >= 11 is 1.27. The fraction of sp³-hybridized carbons (Fsp3) is 0.350. The number of hydrogen-bond donors (Lipinski definition) is 2. The molecule has 164 valence electrons. The first-order valence-corrected chi connectivity index (χ1v) is 11.7. The summed E-state index contributed by atoms with van der Waals surface area (Å²) in [4.78, 5) is 5.17. The van der Waals surface area contributed by atoms with Crippen LogP contribution in [0.3, 0.4) is 0 Å². The highest BCUT2D eigenvalue weighted by molar-refractivity contribution is 14.0. The molecule has 30 heavy (non-hydrogen) atoms. The second-order valence-corrected chi connectivity index (χ2v) is 10.3. The molecule has 0 aliphatic heterocycles. The Labute approximate surface area is 199 Å². The van der Waals surface area contributed by atoms with Gasteiger partial charge in [-0.2, -0.15) is 0 Å². The molecule has 7 nitrogen and oxygen atoms in total. The van der Waals surface area contributed by atoms with Gasteiger partial charge >= 0.3 is 0 Å². The number of nitrogens with one attached hydrogen (secondary N) is 2. The zero-order valence-corrected chi connectivity index (χ0v) is 21.3. The standard InChI is InChI=1S/C20H27N5O2S2.HI/c1-21-20(23-15-17-9-10-19(28-17)29(26,27)24(2)3)22-12-6-13-25-14-11-16-7-4-5-8-18(16)25;/h4-5,7-11,14H,6,12-13,15H2,1-3H3,(H2,21,22,23);1H. The van der Waals surface area contributed by atoms with E-state index in [1.807, 2.05) is 6.07 Å². The summed E-state index contributed by atoms with van der Waals surface area (Å²) in [7, 11) is 1.42. The Hall–Kier alpha value is -1.63. The third-order valence-electron chi connectivity index (χ3n) is 4.57. The van der Waals surface area contributed by atoms with Gasteiger partial charge in [0.05, 0.1) is 6.54 Å². The highest BCUT2D eigenvalue weighted by Gasteiger charge is 2.19. The summed E-state index contributed by atoms with van der Waals surface area (Å²) < 4.78 is 28.2. The SMILES string of the molecule is CN=C(NCCCn1ccc2ccccc21)NCc1ccc(S(=O)(=O)N(C)C)s1.I. The molecule has 3 rings (SSSR count). The smallest absolute Gasteiger partial charge is 0.252 e. The van der Waals surface area contributed by atoms with Gasteiger partial charge in [-0.25, -0.2) is 12.7 Å². The van der Waals surface area contributed by atoms with Crippen LogP contribution in [0.2, 0.25) is 0 Å². The third kappa shape index (κ3) is 5.96. The van der Waals surface area contributed by atoms with Crippen LogP contribution in [0.15, 0.2) is 57.9 Å². The summed E-state index contributed by atoms with van der Waals surface area (Å²) in [6.07, 6.45) is 3.08. The highest BCUT2D eigenvalue weighted by atomic mass is 127. The van der Waals surface area contributed by atoms with Crippen molar-refractivity contribution in [3.05, 3.63) is 53.5 Å². The first kappa shape index (κ1) is 24.6. The minimum absolute atomic E-state index is 0. The molecule has 0 saturated carbocycles. The molecule has 0 unspecified atom stereocenters. The molecular weight excluding hydrogens is 533 g/mol. The lowest BCUT2D eigenvalue weighted by atomic mass is 10.2. The number of guanidine groups is 1. The Bertz CT molecular complexity index is 1090. The Morgan fingerprint density at radius 2 is 1.90 bits per heavy atom. The second kappa shape index (κ2) is 11.1. The topological polar surface area (TPSA) is 78.7 Å². The van der Waals surface area contributed by atoms with Crippen LogP contribution in [0, 0.1) is 0 Å². The maximum absolute atomic E-state index is 12.2. The molecule has 1 aromatic carbocycles. The molecule has 0 fully saturated rings. The van der Waals surface area contributed by atoms with Crippen LogP contribution in [-0.2, 0) is 23.1 Å². The number of halogens is 1. The van der Waals surface area contributed by atoms with Crippen LogP contribution >= 0.6 is 35.3 Å². The van der Waals surface area contributed by atoms with Crippen LogP contribution in [-0.4, -0.2) is 50.9 Å². The van der Waals surface area contributed by atoms with E-state index in [1.165, 1.54) is 40.6 Å². The van der Waals surface area contributed by atoms with E-state index in [0.29, 0.717) is 16.7 Å². The molecule has 2 heterocycles. The number of aryl methyl sites for hydroxylation is 1. The summed E-state index contributed by atoms with van der Waals surface area (Å²) in [5.74, 6) is 0.702. The molecule has 0 saturated heterocycles. The first-order chi connectivity index (χ1) is 13.9. The Morgan fingerprint density at radius 3 is 2.63 bits per heavy atom. The maximum Gasteiger partial charge on any atom is 0.252 e. The highest BCUT2D eigenvalue weighted by Crippen LogP contribution is 2.23. The number of thiophene rings is 1. The fourth-order valence-corrected chi connectivity index (χ4v) is 5.42. The molecule has 3 aromatic rings. The third-order valence-corrected chi connectivity index (χ3v) is 7.94. The predicted molar refractivity (Wildman–Crippen MR) is 135 cm³/mol. The molecule has 2 aromatic heterocycles. The van der Waals surface area contributed by atoms with Gasteiger partial charge in [0.2, 0.25) is 0 Å². The zero-order chi connectivity index (χ0) is 20.9. The molecular formula is C20H28IN5O2S2. The van der Waals surface area contributed by atoms with Gasteiger partial charge in [-0.15, -0.1) is 35.3 Å². The number of hydrogen-bond acceptors (Lipinski definition) is 4. The number of sulfonamides is 1. The number of fused-ring (bicyclic) bond motifs is 1. The van der Waals surface area contributed by atoms with Crippen LogP contribution in [0.25, 0.3) is 10.9 Å². The van der Waals surface area contributed by atoms with Crippen LogP contribution in [0.4, 0.5) is 0 Å². The molecule has 0 aliphatic carbocycles.